The number of nitrogens with one attached hydrogen (secondary N) is 1. The summed E-state index contributed by atoms with van der Waals surface area (Å²) >= 11 is 0. The Morgan fingerprint density at radius 2 is 2.00 bits per heavy atom. The molecule has 0 bridgehead atoms. The number of ketones is 1. The molecule has 2 aromatic rings. The summed E-state index contributed by atoms with van der Waals surface area (Å²) in [7, 11) is 0. The van der Waals surface area contributed by atoms with Crippen molar-refractivity contribution in [1.82, 2.24) is 0 Å². The van der Waals surface area contributed by atoms with Crippen LogP contribution in [-0.2, 0) is 9.53 Å². The zero-order chi connectivity index (χ0) is 19.8. The van der Waals surface area contributed by atoms with Gasteiger partial charge in [-0.3, -0.25) is 9.59 Å². The third kappa shape index (κ3) is 3.26. The number of hydrogen-bond donors (Lipinski definition) is 1. The van der Waals surface area contributed by atoms with Crippen molar-refractivity contribution in [1.29, 1.82) is 0 Å². The maximum atomic E-state index is 12.4. The number of amides is 1. The molecule has 144 valence electrons. The van der Waals surface area contributed by atoms with Gasteiger partial charge in [-0.25, -0.2) is 4.79 Å². The van der Waals surface area contributed by atoms with E-state index in [1.807, 2.05) is 32.0 Å². The minimum absolute atomic E-state index is 0.0411. The summed E-state index contributed by atoms with van der Waals surface area (Å²) in [5.41, 5.74) is 4.23. The van der Waals surface area contributed by atoms with Gasteiger partial charge in [-0.2, -0.15) is 0 Å². The fraction of sp³-hybridized carbons (Fsp3) is 0.318. The van der Waals surface area contributed by atoms with Gasteiger partial charge in [0.25, 0.3) is 0 Å². The first-order valence-electron chi connectivity index (χ1n) is 9.43. The molecular weight excluding hydrogens is 356 g/mol. The Morgan fingerprint density at radius 1 is 1.18 bits per heavy atom. The van der Waals surface area contributed by atoms with Crippen LogP contribution in [-0.4, -0.2) is 36.9 Å². The van der Waals surface area contributed by atoms with Crippen molar-refractivity contribution in [2.24, 2.45) is 0 Å². The van der Waals surface area contributed by atoms with Gasteiger partial charge in [-0.1, -0.05) is 17.7 Å². The summed E-state index contributed by atoms with van der Waals surface area (Å²) < 4.78 is 5.23. The van der Waals surface area contributed by atoms with Crippen molar-refractivity contribution in [3.05, 3.63) is 58.7 Å². The lowest BCUT2D eigenvalue weighted by atomic mass is 10.0. The third-order valence-electron chi connectivity index (χ3n) is 5.38. The fourth-order valence-electron chi connectivity index (χ4n) is 3.89. The van der Waals surface area contributed by atoms with Gasteiger partial charge in [0.2, 0.25) is 11.7 Å². The topological polar surface area (TPSA) is 75.7 Å². The van der Waals surface area contributed by atoms with Gasteiger partial charge < -0.3 is 15.0 Å². The first kappa shape index (κ1) is 18.2. The highest BCUT2D eigenvalue weighted by molar-refractivity contribution is 6.06. The Kier molecular flexibility index (Phi) is 4.63. The molecule has 0 spiro atoms. The van der Waals surface area contributed by atoms with Crippen molar-refractivity contribution in [3.8, 4) is 0 Å². The quantitative estimate of drug-likeness (QED) is 0.653. The lowest BCUT2D eigenvalue weighted by Crippen LogP contribution is -2.43. The molecule has 6 nitrogen and oxygen atoms in total. The van der Waals surface area contributed by atoms with Crippen LogP contribution in [0.5, 0.6) is 0 Å². The van der Waals surface area contributed by atoms with Gasteiger partial charge in [0, 0.05) is 12.1 Å². The molecule has 0 unspecified atom stereocenters. The van der Waals surface area contributed by atoms with Gasteiger partial charge in [0.15, 0.2) is 6.61 Å². The van der Waals surface area contributed by atoms with Crippen LogP contribution in [0.25, 0.3) is 0 Å². The summed E-state index contributed by atoms with van der Waals surface area (Å²) in [6.07, 6.45) is 1.82. The number of carbonyl (C=O) groups excluding carboxylic acids is 3. The molecule has 2 heterocycles. The molecule has 6 heteroatoms. The third-order valence-corrected chi connectivity index (χ3v) is 5.38. The predicted octanol–water partition coefficient (Wildman–Crippen LogP) is 3.26. The predicted molar refractivity (Wildman–Crippen MR) is 106 cm³/mol. The van der Waals surface area contributed by atoms with E-state index in [2.05, 4.69) is 10.2 Å². The van der Waals surface area contributed by atoms with Gasteiger partial charge >= 0.3 is 5.97 Å². The molecule has 1 N–H and O–H groups in total. The molecular formula is C22H22N2O4. The average Bonchev–Trinajstić information content (AvgIpc) is 3.18. The zero-order valence-electron chi connectivity index (χ0n) is 16.0. The second kappa shape index (κ2) is 7.11. The van der Waals surface area contributed by atoms with Crippen LogP contribution in [0.3, 0.4) is 0 Å². The number of Topliss-reactive ketones (excluding diaryl/α,β-unsaturated/α-hetero) is 1. The number of fused-ring (bicyclic) bond motifs is 3. The minimum atomic E-state index is -0.584. The number of esters is 1. The van der Waals surface area contributed by atoms with E-state index in [0.717, 1.165) is 36.2 Å². The van der Waals surface area contributed by atoms with Crippen LogP contribution in [0.4, 0.5) is 11.4 Å². The van der Waals surface area contributed by atoms with Crippen LogP contribution in [0.2, 0.25) is 0 Å². The lowest BCUT2D eigenvalue weighted by Gasteiger charge is -2.33. The van der Waals surface area contributed by atoms with Crippen LogP contribution >= 0.6 is 0 Å². The normalized spacial score (nSPS) is 17.6. The molecule has 4 rings (SSSR count). The van der Waals surface area contributed by atoms with Crippen LogP contribution in [0.15, 0.2) is 36.4 Å². The molecule has 0 aromatic heterocycles. The second-order valence-electron chi connectivity index (χ2n) is 7.39. The average molecular weight is 378 g/mol. The number of carbonyl (C=O) groups is 3. The van der Waals surface area contributed by atoms with Crippen LogP contribution < -0.4 is 10.2 Å². The summed E-state index contributed by atoms with van der Waals surface area (Å²) in [5, 5.41) is 2.88. The largest absolute Gasteiger partial charge is 0.454 e. The molecule has 0 radical (unpaired) electrons. The molecule has 1 saturated heterocycles. The Labute approximate surface area is 163 Å². The second-order valence-corrected chi connectivity index (χ2v) is 7.39. The number of aryl methyl sites for hydroxylation is 2. The molecule has 1 atom stereocenters. The Morgan fingerprint density at radius 3 is 2.82 bits per heavy atom. The van der Waals surface area contributed by atoms with E-state index < -0.39 is 5.97 Å². The molecule has 1 fully saturated rings. The Balaban J connectivity index is 1.47. The van der Waals surface area contributed by atoms with Crippen LogP contribution in [0.1, 0.15) is 44.7 Å². The van der Waals surface area contributed by atoms with Crippen molar-refractivity contribution in [2.75, 3.05) is 23.4 Å². The van der Waals surface area contributed by atoms with Gasteiger partial charge in [0.05, 0.1) is 16.9 Å². The highest BCUT2D eigenvalue weighted by Gasteiger charge is 2.36. The number of rotatable bonds is 4. The summed E-state index contributed by atoms with van der Waals surface area (Å²) in [4.78, 5) is 39.2. The summed E-state index contributed by atoms with van der Waals surface area (Å²) in [6.45, 7) is 4.28. The summed E-state index contributed by atoms with van der Waals surface area (Å²) in [5.74, 6) is -0.861. The number of nitrogens with zero attached hydrogens (tertiary/aromatic N) is 1. The maximum Gasteiger partial charge on any atom is 0.338 e. The van der Waals surface area contributed by atoms with Crippen molar-refractivity contribution in [3.63, 3.8) is 0 Å². The monoisotopic (exact) mass is 378 g/mol. The highest BCUT2D eigenvalue weighted by Crippen LogP contribution is 2.37. The number of anilines is 2. The first-order valence-corrected chi connectivity index (χ1v) is 9.43. The zero-order valence-corrected chi connectivity index (χ0v) is 16.0. The van der Waals surface area contributed by atoms with E-state index >= 15 is 0 Å². The molecule has 2 aliphatic heterocycles. The smallest absolute Gasteiger partial charge is 0.338 e. The maximum absolute atomic E-state index is 12.4. The van der Waals surface area contributed by atoms with Crippen molar-refractivity contribution < 1.29 is 19.1 Å². The molecule has 2 aromatic carbocycles. The molecule has 0 aliphatic carbocycles. The molecule has 2 aliphatic rings. The lowest BCUT2D eigenvalue weighted by molar-refractivity contribution is -0.117. The SMILES string of the molecule is Cc1ccc(C)c(C(=O)COC(=O)c2ccc3c(c2)NC(=O)[C@H]2CCCN32)c1. The van der Waals surface area contributed by atoms with E-state index in [0.29, 0.717) is 16.8 Å². The van der Waals surface area contributed by atoms with E-state index in [1.54, 1.807) is 18.2 Å². The van der Waals surface area contributed by atoms with Crippen LogP contribution in [0, 0.1) is 13.8 Å². The Hall–Kier alpha value is -3.15. The minimum Gasteiger partial charge on any atom is -0.454 e. The highest BCUT2D eigenvalue weighted by atomic mass is 16.5. The number of hydrogen-bond acceptors (Lipinski definition) is 5. The van der Waals surface area contributed by atoms with Crippen molar-refractivity contribution in [2.45, 2.75) is 32.7 Å². The van der Waals surface area contributed by atoms with Gasteiger partial charge in [0.1, 0.15) is 6.04 Å². The molecule has 1 amide bonds. The van der Waals surface area contributed by atoms with E-state index in [4.69, 9.17) is 4.74 Å². The molecule has 28 heavy (non-hydrogen) atoms. The number of benzene rings is 2. The first-order chi connectivity index (χ1) is 13.4. The fourth-order valence-corrected chi connectivity index (χ4v) is 3.89. The van der Waals surface area contributed by atoms with E-state index in [1.165, 1.54) is 0 Å². The Bertz CT molecular complexity index is 982. The molecule has 0 saturated carbocycles. The van der Waals surface area contributed by atoms with Crippen molar-refractivity contribution >= 4 is 29.0 Å². The standard InChI is InChI=1S/C22H22N2O4/c1-13-5-6-14(2)16(10-13)20(25)12-28-22(27)15-7-8-18-17(11-15)23-21(26)19-4-3-9-24(18)19/h5-8,10-11,19H,3-4,9,12H2,1-2H3,(H,23,26)/t19-/m1/s1. The summed E-state index contributed by atoms with van der Waals surface area (Å²) in [6, 6.07) is 10.6. The van der Waals surface area contributed by atoms with E-state index in [9.17, 15) is 14.4 Å². The van der Waals surface area contributed by atoms with Gasteiger partial charge in [-0.15, -0.1) is 0 Å². The number of ether oxygens (including phenoxy) is 1. The van der Waals surface area contributed by atoms with Gasteiger partial charge in [-0.05, 0) is 56.5 Å². The van der Waals surface area contributed by atoms with E-state index in [-0.39, 0.29) is 24.3 Å².